The van der Waals surface area contributed by atoms with Crippen molar-refractivity contribution in [2.75, 3.05) is 5.73 Å². The number of allylic oxidation sites excluding steroid dienone is 3. The van der Waals surface area contributed by atoms with Crippen LogP contribution in [0.25, 0.3) is 17.2 Å². The SMILES string of the molecule is C=C(C)/C=C/c1ccc(/C(=C(\c2cccc(CC)c2)C2CC2)c2ccc(N)c(C(=N)F)c2)cc1.CC. The third kappa shape index (κ3) is 6.48. The minimum atomic E-state index is -1.01. The molecule has 36 heavy (non-hydrogen) atoms. The number of nitrogens with one attached hydrogen (secondary N) is 1. The van der Waals surface area contributed by atoms with Gasteiger partial charge in [-0.15, -0.1) is 0 Å². The van der Waals surface area contributed by atoms with E-state index in [4.69, 9.17) is 11.1 Å². The lowest BCUT2D eigenvalue weighted by molar-refractivity contribution is 0.798. The average molecular weight is 481 g/mol. The van der Waals surface area contributed by atoms with Crippen LogP contribution in [-0.2, 0) is 6.42 Å². The number of hydrogen-bond donors (Lipinski definition) is 2. The van der Waals surface area contributed by atoms with Gasteiger partial charge in [0.25, 0.3) is 0 Å². The highest BCUT2D eigenvalue weighted by Gasteiger charge is 2.31. The van der Waals surface area contributed by atoms with Crippen LogP contribution >= 0.6 is 0 Å². The van der Waals surface area contributed by atoms with Crippen LogP contribution in [0, 0.1) is 11.3 Å². The topological polar surface area (TPSA) is 49.9 Å². The molecule has 3 heteroatoms. The highest BCUT2D eigenvalue weighted by atomic mass is 19.1. The first-order valence-electron chi connectivity index (χ1n) is 12.8. The minimum absolute atomic E-state index is 0.133. The first-order chi connectivity index (χ1) is 17.4. The smallest absolute Gasteiger partial charge is 0.214 e. The Balaban J connectivity index is 0.00000176. The minimum Gasteiger partial charge on any atom is -0.398 e. The summed E-state index contributed by atoms with van der Waals surface area (Å²) in [6.07, 6.45) is 7.28. The molecule has 0 bridgehead atoms. The number of nitrogen functional groups attached to an aromatic ring is 1. The molecule has 186 valence electrons. The van der Waals surface area contributed by atoms with Crippen LogP contribution in [0.1, 0.15) is 73.9 Å². The molecule has 1 aliphatic carbocycles. The molecule has 3 aromatic rings. The highest BCUT2D eigenvalue weighted by molar-refractivity contribution is 6.03. The molecule has 0 aliphatic heterocycles. The van der Waals surface area contributed by atoms with E-state index in [1.165, 1.54) is 16.7 Å². The molecular weight excluding hydrogens is 443 g/mol. The Morgan fingerprint density at radius 1 is 1.00 bits per heavy atom. The second kappa shape index (κ2) is 12.3. The Labute approximate surface area is 215 Å². The maximum atomic E-state index is 14.0. The fourth-order valence-electron chi connectivity index (χ4n) is 4.29. The predicted octanol–water partition coefficient (Wildman–Crippen LogP) is 9.11. The first kappa shape index (κ1) is 26.9. The van der Waals surface area contributed by atoms with Gasteiger partial charge < -0.3 is 5.73 Å². The number of anilines is 1. The third-order valence-electron chi connectivity index (χ3n) is 6.24. The largest absolute Gasteiger partial charge is 0.398 e. The van der Waals surface area contributed by atoms with E-state index in [1.807, 2.05) is 39.0 Å². The quantitative estimate of drug-likeness (QED) is 0.144. The number of aryl methyl sites for hydroxylation is 1. The van der Waals surface area contributed by atoms with Crippen LogP contribution in [0.5, 0.6) is 0 Å². The lowest BCUT2D eigenvalue weighted by Crippen LogP contribution is -2.03. The van der Waals surface area contributed by atoms with Gasteiger partial charge in [0.1, 0.15) is 0 Å². The van der Waals surface area contributed by atoms with Crippen molar-refractivity contribution in [2.24, 2.45) is 5.92 Å². The second-order valence-corrected chi connectivity index (χ2v) is 9.03. The van der Waals surface area contributed by atoms with E-state index in [1.54, 1.807) is 12.1 Å². The van der Waals surface area contributed by atoms with E-state index in [-0.39, 0.29) is 11.3 Å². The fourth-order valence-corrected chi connectivity index (χ4v) is 4.29. The molecule has 0 saturated heterocycles. The summed E-state index contributed by atoms with van der Waals surface area (Å²) in [6, 6.07) is 22.5. The maximum Gasteiger partial charge on any atom is 0.214 e. The van der Waals surface area contributed by atoms with Gasteiger partial charge in [-0.1, -0.05) is 99.7 Å². The summed E-state index contributed by atoms with van der Waals surface area (Å²) in [7, 11) is 0. The van der Waals surface area contributed by atoms with Crippen molar-refractivity contribution in [3.63, 3.8) is 0 Å². The Bertz CT molecular complexity index is 1290. The van der Waals surface area contributed by atoms with Crippen LogP contribution in [-0.4, -0.2) is 5.97 Å². The normalized spacial score (nSPS) is 13.6. The highest BCUT2D eigenvalue weighted by Crippen LogP contribution is 2.48. The molecule has 1 aliphatic rings. The van der Waals surface area contributed by atoms with Crippen molar-refractivity contribution in [2.45, 2.75) is 47.0 Å². The summed E-state index contributed by atoms with van der Waals surface area (Å²) in [4.78, 5) is 0. The van der Waals surface area contributed by atoms with Gasteiger partial charge in [-0.05, 0) is 83.2 Å². The van der Waals surface area contributed by atoms with Crippen molar-refractivity contribution in [3.8, 4) is 0 Å². The Morgan fingerprint density at radius 2 is 1.67 bits per heavy atom. The Kier molecular flexibility index (Phi) is 9.19. The van der Waals surface area contributed by atoms with Crippen molar-refractivity contribution in [3.05, 3.63) is 118 Å². The van der Waals surface area contributed by atoms with Gasteiger partial charge in [0.2, 0.25) is 5.97 Å². The molecule has 0 heterocycles. The van der Waals surface area contributed by atoms with Gasteiger partial charge in [0.15, 0.2) is 0 Å². The van der Waals surface area contributed by atoms with Gasteiger partial charge in [-0.2, -0.15) is 4.39 Å². The van der Waals surface area contributed by atoms with Crippen molar-refractivity contribution >= 4 is 28.9 Å². The van der Waals surface area contributed by atoms with E-state index in [0.29, 0.717) is 5.92 Å². The van der Waals surface area contributed by atoms with Gasteiger partial charge in [-0.25, -0.2) is 0 Å². The molecule has 0 aromatic heterocycles. The van der Waals surface area contributed by atoms with E-state index < -0.39 is 5.97 Å². The molecule has 3 N–H and O–H groups in total. The predicted molar refractivity (Wildman–Crippen MR) is 155 cm³/mol. The van der Waals surface area contributed by atoms with Crippen molar-refractivity contribution in [1.82, 2.24) is 0 Å². The fraction of sp³-hybridized carbons (Fsp3) is 0.242. The third-order valence-corrected chi connectivity index (χ3v) is 6.24. The average Bonchev–Trinajstić information content (AvgIpc) is 3.73. The summed E-state index contributed by atoms with van der Waals surface area (Å²) < 4.78 is 14.0. The Morgan fingerprint density at radius 3 is 2.25 bits per heavy atom. The van der Waals surface area contributed by atoms with E-state index >= 15 is 0 Å². The van der Waals surface area contributed by atoms with Crippen molar-refractivity contribution in [1.29, 1.82) is 5.41 Å². The molecule has 0 unspecified atom stereocenters. The molecular formula is C33H37FN2. The first-order valence-corrected chi connectivity index (χ1v) is 12.8. The molecule has 0 atom stereocenters. The molecule has 3 aromatic carbocycles. The Hall–Kier alpha value is -3.72. The summed E-state index contributed by atoms with van der Waals surface area (Å²) >= 11 is 0. The number of benzene rings is 3. The summed E-state index contributed by atoms with van der Waals surface area (Å²) in [5.74, 6) is -0.559. The zero-order valence-electron chi connectivity index (χ0n) is 21.9. The summed E-state index contributed by atoms with van der Waals surface area (Å²) in [6.45, 7) is 12.1. The van der Waals surface area contributed by atoms with Gasteiger partial charge in [-0.3, -0.25) is 5.41 Å². The second-order valence-electron chi connectivity index (χ2n) is 9.03. The summed E-state index contributed by atoms with van der Waals surface area (Å²) in [5.41, 5.74) is 15.3. The van der Waals surface area contributed by atoms with E-state index in [9.17, 15) is 4.39 Å². The number of hydrogen-bond acceptors (Lipinski definition) is 2. The lowest BCUT2D eigenvalue weighted by atomic mass is 9.85. The molecule has 1 fully saturated rings. The zero-order valence-corrected chi connectivity index (χ0v) is 21.9. The molecule has 1 saturated carbocycles. The molecule has 0 spiro atoms. The van der Waals surface area contributed by atoms with Crippen LogP contribution in [0.3, 0.4) is 0 Å². The zero-order chi connectivity index (χ0) is 26.2. The number of nitrogens with two attached hydrogens (primary N) is 1. The van der Waals surface area contributed by atoms with Crippen LogP contribution in [0.2, 0.25) is 0 Å². The molecule has 0 radical (unpaired) electrons. The number of rotatable bonds is 8. The standard InChI is InChI=1S/C31H31FN2.C2H6/c1-4-21-6-5-7-25(18-21)29(24-14-15-24)30(26-16-17-28(33)27(19-26)31(32)34)23-12-10-22(11-13-23)9-8-20(2)3;1-2/h5-13,16-19,24,34H,2,4,14-15,33H2,1,3H3;1-2H3/b9-8+,30-29+,34-31?;. The number of halogens is 1. The van der Waals surface area contributed by atoms with E-state index in [2.05, 4.69) is 62.0 Å². The van der Waals surface area contributed by atoms with Gasteiger partial charge in [0.05, 0.1) is 5.56 Å². The molecule has 2 nitrogen and oxygen atoms in total. The van der Waals surface area contributed by atoms with E-state index in [0.717, 1.165) is 47.1 Å². The van der Waals surface area contributed by atoms with Gasteiger partial charge >= 0.3 is 0 Å². The van der Waals surface area contributed by atoms with Crippen molar-refractivity contribution < 1.29 is 4.39 Å². The maximum absolute atomic E-state index is 14.0. The summed E-state index contributed by atoms with van der Waals surface area (Å²) in [5, 5.41) is 7.57. The molecule has 0 amide bonds. The lowest BCUT2D eigenvalue weighted by Gasteiger charge is -2.19. The molecule has 4 rings (SSSR count). The monoisotopic (exact) mass is 480 g/mol. The van der Waals surface area contributed by atoms with Crippen LogP contribution in [0.15, 0.2) is 85.0 Å². The van der Waals surface area contributed by atoms with Crippen LogP contribution in [0.4, 0.5) is 10.1 Å². The van der Waals surface area contributed by atoms with Gasteiger partial charge in [0, 0.05) is 5.69 Å². The van der Waals surface area contributed by atoms with Crippen LogP contribution < -0.4 is 5.73 Å².